The number of likely N-dealkylation sites (tertiary alicyclic amines) is 1. The highest BCUT2D eigenvalue weighted by Gasteiger charge is 2.30. The molecular formula is C28H41ClN6O2. The quantitative estimate of drug-likeness (QED) is 0.462. The number of nitrogens with zero attached hydrogens (tertiary/aromatic N) is 4. The maximum atomic E-state index is 13.1. The van der Waals surface area contributed by atoms with E-state index in [1.54, 1.807) is 19.2 Å². The SMILES string of the molecule is Cc1ccncc1CN(C(=O)NC(C)C)C1CCN([C@H](C)CCNC(=O)c2c(C)cc(Cl)nc2C)CC1. The molecule has 1 saturated heterocycles. The highest BCUT2D eigenvalue weighted by atomic mass is 35.5. The molecule has 0 spiro atoms. The zero-order chi connectivity index (χ0) is 27.1. The second-order valence-corrected chi connectivity index (χ2v) is 10.8. The Balaban J connectivity index is 1.53. The van der Waals surface area contributed by atoms with Crippen molar-refractivity contribution in [2.75, 3.05) is 19.6 Å². The number of hydrogen-bond donors (Lipinski definition) is 2. The van der Waals surface area contributed by atoms with Crippen LogP contribution in [-0.4, -0.2) is 69.5 Å². The molecule has 8 nitrogen and oxygen atoms in total. The van der Waals surface area contributed by atoms with E-state index in [1.807, 2.05) is 37.9 Å². The first kappa shape index (κ1) is 28.9. The monoisotopic (exact) mass is 528 g/mol. The van der Waals surface area contributed by atoms with Crippen LogP contribution in [0.3, 0.4) is 0 Å². The first-order valence-corrected chi connectivity index (χ1v) is 13.6. The molecule has 0 unspecified atom stereocenters. The van der Waals surface area contributed by atoms with Crippen molar-refractivity contribution < 1.29 is 9.59 Å². The van der Waals surface area contributed by atoms with E-state index >= 15 is 0 Å². The predicted molar refractivity (Wildman–Crippen MR) is 148 cm³/mol. The molecule has 0 aromatic carbocycles. The molecule has 1 aliphatic rings. The van der Waals surface area contributed by atoms with Crippen LogP contribution in [0.1, 0.15) is 72.8 Å². The number of carbonyl (C=O) groups excluding carboxylic acids is 2. The summed E-state index contributed by atoms with van der Waals surface area (Å²) in [5.74, 6) is -0.109. The van der Waals surface area contributed by atoms with Crippen molar-refractivity contribution in [1.82, 2.24) is 30.4 Å². The fourth-order valence-corrected chi connectivity index (χ4v) is 5.26. The highest BCUT2D eigenvalue weighted by molar-refractivity contribution is 6.29. The number of hydrogen-bond acceptors (Lipinski definition) is 5. The molecule has 9 heteroatoms. The van der Waals surface area contributed by atoms with Gasteiger partial charge in [-0.3, -0.25) is 9.78 Å². The molecule has 0 radical (unpaired) electrons. The summed E-state index contributed by atoms with van der Waals surface area (Å²) in [6.07, 6.45) is 6.32. The number of nitrogens with one attached hydrogen (secondary N) is 2. The molecule has 0 saturated carbocycles. The molecule has 1 fully saturated rings. The van der Waals surface area contributed by atoms with Crippen molar-refractivity contribution in [2.24, 2.45) is 0 Å². The lowest BCUT2D eigenvalue weighted by Gasteiger charge is -2.41. The van der Waals surface area contributed by atoms with Crippen LogP contribution in [0.5, 0.6) is 0 Å². The molecule has 2 N–H and O–H groups in total. The van der Waals surface area contributed by atoms with E-state index in [1.165, 1.54) is 0 Å². The van der Waals surface area contributed by atoms with E-state index in [9.17, 15) is 9.59 Å². The summed E-state index contributed by atoms with van der Waals surface area (Å²) in [5.41, 5.74) is 4.30. The van der Waals surface area contributed by atoms with Gasteiger partial charge >= 0.3 is 6.03 Å². The average Bonchev–Trinajstić information content (AvgIpc) is 2.82. The number of amides is 3. The number of urea groups is 1. The molecule has 202 valence electrons. The Hall–Kier alpha value is -2.71. The molecule has 37 heavy (non-hydrogen) atoms. The molecule has 1 aliphatic heterocycles. The molecule has 3 rings (SSSR count). The Labute approximate surface area is 226 Å². The third-order valence-electron chi connectivity index (χ3n) is 7.17. The molecule has 2 aromatic rings. The van der Waals surface area contributed by atoms with Crippen molar-refractivity contribution in [2.45, 2.75) is 85.5 Å². The van der Waals surface area contributed by atoms with Crippen LogP contribution in [0, 0.1) is 20.8 Å². The van der Waals surface area contributed by atoms with Gasteiger partial charge in [-0.05, 0) is 89.6 Å². The highest BCUT2D eigenvalue weighted by Crippen LogP contribution is 2.23. The van der Waals surface area contributed by atoms with Crippen LogP contribution in [0.25, 0.3) is 0 Å². The smallest absolute Gasteiger partial charge is 0.318 e. The van der Waals surface area contributed by atoms with Crippen LogP contribution >= 0.6 is 11.6 Å². The van der Waals surface area contributed by atoms with Crippen molar-refractivity contribution in [3.8, 4) is 0 Å². The summed E-state index contributed by atoms with van der Waals surface area (Å²) in [4.78, 5) is 38.8. The third-order valence-corrected chi connectivity index (χ3v) is 7.36. The van der Waals surface area contributed by atoms with Crippen molar-refractivity contribution in [3.05, 3.63) is 57.6 Å². The Morgan fingerprint density at radius 3 is 2.49 bits per heavy atom. The summed E-state index contributed by atoms with van der Waals surface area (Å²) >= 11 is 6.00. The van der Waals surface area contributed by atoms with Gasteiger partial charge < -0.3 is 20.4 Å². The first-order valence-electron chi connectivity index (χ1n) is 13.2. The molecule has 1 atom stereocenters. The van der Waals surface area contributed by atoms with Crippen molar-refractivity contribution in [3.63, 3.8) is 0 Å². The summed E-state index contributed by atoms with van der Waals surface area (Å²) in [5, 5.41) is 6.53. The standard InChI is InChI=1S/C28H41ClN6O2/c1-18(2)32-28(37)35(17-23-16-30-11-7-19(23)3)24-9-13-34(14-10-24)21(5)8-12-31-27(36)26-20(4)15-25(29)33-22(26)6/h7,11,15-16,18,21,24H,8-10,12-14,17H2,1-6H3,(H,31,36)(H,32,37)/t21-/m1/s1. The fraction of sp³-hybridized carbons (Fsp3) is 0.571. The largest absolute Gasteiger partial charge is 0.352 e. The van der Waals surface area contributed by atoms with E-state index in [2.05, 4.69) is 39.3 Å². The zero-order valence-corrected chi connectivity index (χ0v) is 23.7. The van der Waals surface area contributed by atoms with Crippen molar-refractivity contribution in [1.29, 1.82) is 0 Å². The second kappa shape index (κ2) is 13.2. The van der Waals surface area contributed by atoms with Crippen LogP contribution in [-0.2, 0) is 6.54 Å². The van der Waals surface area contributed by atoms with Gasteiger partial charge in [-0.1, -0.05) is 11.6 Å². The van der Waals surface area contributed by atoms with Gasteiger partial charge in [-0.25, -0.2) is 9.78 Å². The number of halogens is 1. The van der Waals surface area contributed by atoms with Gasteiger partial charge in [0.25, 0.3) is 5.91 Å². The minimum atomic E-state index is -0.109. The average molecular weight is 529 g/mol. The fourth-order valence-electron chi connectivity index (χ4n) is 4.97. The van der Waals surface area contributed by atoms with Gasteiger partial charge in [-0.2, -0.15) is 0 Å². The summed E-state index contributed by atoms with van der Waals surface area (Å²) in [6.45, 7) is 14.9. The number of aryl methyl sites for hydroxylation is 3. The number of aromatic nitrogens is 2. The van der Waals surface area contributed by atoms with Crippen LogP contribution < -0.4 is 10.6 Å². The molecular weight excluding hydrogens is 488 g/mol. The molecule has 3 heterocycles. The Bertz CT molecular complexity index is 1060. The predicted octanol–water partition coefficient (Wildman–Crippen LogP) is 4.65. The summed E-state index contributed by atoms with van der Waals surface area (Å²) in [6, 6.07) is 4.26. The lowest BCUT2D eigenvalue weighted by Crippen LogP contribution is -2.52. The van der Waals surface area contributed by atoms with Gasteiger partial charge in [0.05, 0.1) is 11.3 Å². The third kappa shape index (κ3) is 7.89. The van der Waals surface area contributed by atoms with Crippen LogP contribution in [0.2, 0.25) is 5.15 Å². The summed E-state index contributed by atoms with van der Waals surface area (Å²) in [7, 11) is 0. The molecule has 0 aliphatic carbocycles. The first-order chi connectivity index (χ1) is 17.6. The van der Waals surface area contributed by atoms with Gasteiger partial charge in [0.1, 0.15) is 5.15 Å². The summed E-state index contributed by atoms with van der Waals surface area (Å²) < 4.78 is 0. The maximum Gasteiger partial charge on any atom is 0.318 e. The minimum Gasteiger partial charge on any atom is -0.352 e. The molecule has 2 aromatic heterocycles. The van der Waals surface area contributed by atoms with Gasteiger partial charge in [0.15, 0.2) is 0 Å². The topological polar surface area (TPSA) is 90.5 Å². The van der Waals surface area contributed by atoms with E-state index in [-0.39, 0.29) is 24.0 Å². The lowest BCUT2D eigenvalue weighted by atomic mass is 10.00. The maximum absolute atomic E-state index is 13.1. The Morgan fingerprint density at radius 1 is 1.16 bits per heavy atom. The normalized spacial score (nSPS) is 15.5. The number of pyridine rings is 2. The van der Waals surface area contributed by atoms with Gasteiger partial charge in [-0.15, -0.1) is 0 Å². The Kier molecular flexibility index (Phi) is 10.3. The van der Waals surface area contributed by atoms with Crippen LogP contribution in [0.15, 0.2) is 24.5 Å². The van der Waals surface area contributed by atoms with E-state index in [0.29, 0.717) is 35.5 Å². The van der Waals surface area contributed by atoms with Crippen molar-refractivity contribution >= 4 is 23.5 Å². The van der Waals surface area contributed by atoms with Gasteiger partial charge in [0, 0.05) is 56.7 Å². The van der Waals surface area contributed by atoms with Crippen LogP contribution in [0.4, 0.5) is 4.79 Å². The number of carbonyl (C=O) groups is 2. The molecule has 0 bridgehead atoms. The lowest BCUT2D eigenvalue weighted by molar-refractivity contribution is 0.0900. The number of rotatable bonds is 9. The second-order valence-electron chi connectivity index (χ2n) is 10.4. The van der Waals surface area contributed by atoms with E-state index in [0.717, 1.165) is 49.0 Å². The Morgan fingerprint density at radius 2 is 1.86 bits per heavy atom. The molecule has 3 amide bonds. The van der Waals surface area contributed by atoms with E-state index < -0.39 is 0 Å². The minimum absolute atomic E-state index is 0.0188. The number of piperidine rings is 1. The van der Waals surface area contributed by atoms with E-state index in [4.69, 9.17) is 11.6 Å². The van der Waals surface area contributed by atoms with Gasteiger partial charge in [0.2, 0.25) is 0 Å². The zero-order valence-electron chi connectivity index (χ0n) is 23.0.